The molecule has 0 radical (unpaired) electrons. The molecule has 1 atom stereocenters. The fraction of sp³-hybridized carbons (Fsp3) is 0.250. The Morgan fingerprint density at radius 1 is 1.04 bits per heavy atom. The third-order valence-electron chi connectivity index (χ3n) is 5.40. The summed E-state index contributed by atoms with van der Waals surface area (Å²) in [5, 5.41) is 6.91. The zero-order valence-corrected chi connectivity index (χ0v) is 17.6. The maximum atomic E-state index is 4.62. The van der Waals surface area contributed by atoms with Gasteiger partial charge in [-0.1, -0.05) is 55.8 Å². The molecule has 1 N–H and O–H groups in total. The molecular formula is C24H25N3S. The summed E-state index contributed by atoms with van der Waals surface area (Å²) < 4.78 is 0. The second-order valence-electron chi connectivity index (χ2n) is 7.39. The number of nitrogens with zero attached hydrogens (tertiary/aromatic N) is 2. The van der Waals surface area contributed by atoms with Crippen LogP contribution < -0.4 is 5.32 Å². The first-order valence-electron chi connectivity index (χ1n) is 9.74. The van der Waals surface area contributed by atoms with Gasteiger partial charge in [0, 0.05) is 16.6 Å². The zero-order valence-electron chi connectivity index (χ0n) is 16.8. The summed E-state index contributed by atoms with van der Waals surface area (Å²) in [6, 6.07) is 15.1. The topological polar surface area (TPSA) is 37.8 Å². The molecule has 28 heavy (non-hydrogen) atoms. The Morgan fingerprint density at radius 2 is 1.86 bits per heavy atom. The highest BCUT2D eigenvalue weighted by Gasteiger charge is 2.16. The van der Waals surface area contributed by atoms with E-state index in [1.807, 2.05) is 0 Å². The monoisotopic (exact) mass is 387 g/mol. The molecule has 4 aromatic rings. The minimum absolute atomic E-state index is 0.488. The largest absolute Gasteiger partial charge is 0.339 e. The van der Waals surface area contributed by atoms with Crippen molar-refractivity contribution in [2.75, 3.05) is 5.32 Å². The van der Waals surface area contributed by atoms with Crippen molar-refractivity contribution in [2.45, 2.75) is 40.0 Å². The number of aryl methyl sites for hydroxylation is 2. The van der Waals surface area contributed by atoms with Crippen LogP contribution in [-0.4, -0.2) is 9.97 Å². The van der Waals surface area contributed by atoms with Crippen molar-refractivity contribution in [3.8, 4) is 11.1 Å². The van der Waals surface area contributed by atoms with Crippen LogP contribution in [-0.2, 0) is 0 Å². The summed E-state index contributed by atoms with van der Waals surface area (Å²) in [5.41, 5.74) is 7.42. The Morgan fingerprint density at radius 3 is 2.64 bits per heavy atom. The van der Waals surface area contributed by atoms with Crippen molar-refractivity contribution >= 4 is 33.1 Å². The van der Waals surface area contributed by atoms with E-state index in [4.69, 9.17) is 0 Å². The van der Waals surface area contributed by atoms with Crippen LogP contribution in [0.1, 0.15) is 42.9 Å². The summed E-state index contributed by atoms with van der Waals surface area (Å²) in [7, 11) is 0. The summed E-state index contributed by atoms with van der Waals surface area (Å²) in [5.74, 6) is 1.36. The van der Waals surface area contributed by atoms with Gasteiger partial charge in [-0.25, -0.2) is 9.97 Å². The number of para-hydroxylation sites is 1. The van der Waals surface area contributed by atoms with E-state index >= 15 is 0 Å². The van der Waals surface area contributed by atoms with E-state index in [0.29, 0.717) is 5.92 Å². The molecule has 4 rings (SSSR count). The first kappa shape index (κ1) is 18.6. The number of hydrogen-bond donors (Lipinski definition) is 1. The molecule has 0 fully saturated rings. The van der Waals surface area contributed by atoms with Crippen LogP contribution in [0.25, 0.3) is 21.3 Å². The predicted octanol–water partition coefficient (Wildman–Crippen LogP) is 7.23. The van der Waals surface area contributed by atoms with Gasteiger partial charge in [0.25, 0.3) is 0 Å². The molecule has 0 saturated carbocycles. The maximum Gasteiger partial charge on any atom is 0.143 e. The highest BCUT2D eigenvalue weighted by atomic mass is 32.1. The Balaban J connectivity index is 1.85. The summed E-state index contributed by atoms with van der Waals surface area (Å²) in [4.78, 5) is 10.1. The van der Waals surface area contributed by atoms with Crippen LogP contribution in [0.4, 0.5) is 11.5 Å². The van der Waals surface area contributed by atoms with Crippen molar-refractivity contribution in [3.63, 3.8) is 0 Å². The highest BCUT2D eigenvalue weighted by Crippen LogP contribution is 2.39. The minimum atomic E-state index is 0.488. The predicted molar refractivity (Wildman–Crippen MR) is 121 cm³/mol. The van der Waals surface area contributed by atoms with E-state index in [9.17, 15) is 0 Å². The van der Waals surface area contributed by atoms with Gasteiger partial charge in [0.05, 0.1) is 5.39 Å². The molecule has 2 aromatic carbocycles. The van der Waals surface area contributed by atoms with Crippen LogP contribution in [0.5, 0.6) is 0 Å². The Hall–Kier alpha value is -2.72. The SMILES string of the molecule is CCC(C)c1ccccc1Nc1ncnc2scc(-c3ccc(C)cc3C)c12. The number of hydrogen-bond acceptors (Lipinski definition) is 4. The number of thiophene rings is 1. The van der Waals surface area contributed by atoms with Gasteiger partial charge in [0.15, 0.2) is 0 Å². The molecule has 0 spiro atoms. The molecule has 0 bridgehead atoms. The molecule has 2 heterocycles. The average molecular weight is 388 g/mol. The summed E-state index contributed by atoms with van der Waals surface area (Å²) in [6.45, 7) is 8.79. The lowest BCUT2D eigenvalue weighted by Crippen LogP contribution is -2.01. The number of benzene rings is 2. The second kappa shape index (κ2) is 7.72. The van der Waals surface area contributed by atoms with E-state index in [-0.39, 0.29) is 0 Å². The van der Waals surface area contributed by atoms with E-state index in [0.717, 1.165) is 28.1 Å². The van der Waals surface area contributed by atoms with Crippen molar-refractivity contribution in [1.82, 2.24) is 9.97 Å². The molecule has 0 aliphatic rings. The van der Waals surface area contributed by atoms with Gasteiger partial charge < -0.3 is 5.32 Å². The summed E-state index contributed by atoms with van der Waals surface area (Å²) >= 11 is 1.67. The normalized spacial score (nSPS) is 12.3. The molecule has 1 unspecified atom stereocenters. The zero-order chi connectivity index (χ0) is 19.7. The fourth-order valence-corrected chi connectivity index (χ4v) is 4.58. The van der Waals surface area contributed by atoms with E-state index in [1.165, 1.54) is 27.8 Å². The van der Waals surface area contributed by atoms with Crippen molar-refractivity contribution in [2.24, 2.45) is 0 Å². The molecular weight excluding hydrogens is 362 g/mol. The van der Waals surface area contributed by atoms with Gasteiger partial charge in [0.1, 0.15) is 17.0 Å². The first-order chi connectivity index (χ1) is 13.6. The molecule has 2 aromatic heterocycles. The number of aromatic nitrogens is 2. The third kappa shape index (κ3) is 3.40. The Labute approximate surface area is 170 Å². The van der Waals surface area contributed by atoms with Gasteiger partial charge >= 0.3 is 0 Å². The molecule has 4 heteroatoms. The lowest BCUT2D eigenvalue weighted by molar-refractivity contribution is 0.735. The number of anilines is 2. The molecule has 142 valence electrons. The van der Waals surface area contributed by atoms with Gasteiger partial charge in [-0.05, 0) is 48.9 Å². The number of rotatable bonds is 5. The highest BCUT2D eigenvalue weighted by molar-refractivity contribution is 7.17. The Bertz CT molecular complexity index is 1130. The van der Waals surface area contributed by atoms with Crippen LogP contribution in [0.15, 0.2) is 54.2 Å². The van der Waals surface area contributed by atoms with Gasteiger partial charge in [-0.3, -0.25) is 0 Å². The minimum Gasteiger partial charge on any atom is -0.339 e. The average Bonchev–Trinajstić information content (AvgIpc) is 3.13. The van der Waals surface area contributed by atoms with Crippen molar-refractivity contribution in [3.05, 3.63) is 70.9 Å². The maximum absolute atomic E-state index is 4.62. The van der Waals surface area contributed by atoms with Gasteiger partial charge in [0.2, 0.25) is 0 Å². The lowest BCUT2D eigenvalue weighted by atomic mass is 9.96. The standard InChI is InChI=1S/C24H25N3S/c1-5-16(3)19-8-6-7-9-21(19)27-23-22-20(13-28-24(22)26-14-25-23)18-11-10-15(2)12-17(18)4/h6-14,16H,5H2,1-4H3,(H,25,26,27). The summed E-state index contributed by atoms with van der Waals surface area (Å²) in [6.07, 6.45) is 2.75. The molecule has 0 amide bonds. The van der Waals surface area contributed by atoms with Crippen LogP contribution in [0, 0.1) is 13.8 Å². The van der Waals surface area contributed by atoms with Crippen LogP contribution in [0.3, 0.4) is 0 Å². The van der Waals surface area contributed by atoms with Crippen LogP contribution in [0.2, 0.25) is 0 Å². The molecule has 3 nitrogen and oxygen atoms in total. The first-order valence-corrected chi connectivity index (χ1v) is 10.6. The molecule has 0 aliphatic carbocycles. The number of nitrogens with one attached hydrogen (secondary N) is 1. The van der Waals surface area contributed by atoms with Crippen molar-refractivity contribution in [1.29, 1.82) is 0 Å². The van der Waals surface area contributed by atoms with E-state index < -0.39 is 0 Å². The van der Waals surface area contributed by atoms with Crippen molar-refractivity contribution < 1.29 is 0 Å². The quantitative estimate of drug-likeness (QED) is 0.392. The fourth-order valence-electron chi connectivity index (χ4n) is 3.67. The third-order valence-corrected chi connectivity index (χ3v) is 6.29. The van der Waals surface area contributed by atoms with E-state index in [2.05, 4.69) is 90.8 Å². The molecule has 0 aliphatic heterocycles. The van der Waals surface area contributed by atoms with E-state index in [1.54, 1.807) is 17.7 Å². The lowest BCUT2D eigenvalue weighted by Gasteiger charge is -2.17. The molecule has 0 saturated heterocycles. The number of fused-ring (bicyclic) bond motifs is 1. The van der Waals surface area contributed by atoms with Gasteiger partial charge in [-0.2, -0.15) is 0 Å². The van der Waals surface area contributed by atoms with Gasteiger partial charge in [-0.15, -0.1) is 11.3 Å². The Kier molecular flexibility index (Phi) is 5.14. The smallest absolute Gasteiger partial charge is 0.143 e. The van der Waals surface area contributed by atoms with Crippen LogP contribution >= 0.6 is 11.3 Å². The second-order valence-corrected chi connectivity index (χ2v) is 8.25.